The van der Waals surface area contributed by atoms with Crippen molar-refractivity contribution in [1.29, 1.82) is 0 Å². The first-order chi connectivity index (χ1) is 13.7. The van der Waals surface area contributed by atoms with Crippen LogP contribution in [-0.2, 0) is 16.5 Å². The van der Waals surface area contributed by atoms with Crippen LogP contribution in [0.2, 0.25) is 0 Å². The lowest BCUT2D eigenvalue weighted by atomic mass is 9.85. The second-order valence-electron chi connectivity index (χ2n) is 7.10. The van der Waals surface area contributed by atoms with E-state index in [1.54, 1.807) is 31.2 Å². The largest absolute Gasteiger partial charge is 0.437 e. The topological polar surface area (TPSA) is 29.5 Å². The third-order valence-electron chi connectivity index (χ3n) is 5.28. The normalized spacial score (nSPS) is 20.9. The Morgan fingerprint density at radius 1 is 1.24 bits per heavy atom. The number of carbonyl (C=O) groups excluding carboxylic acids is 1. The second kappa shape index (κ2) is 7.89. The maximum absolute atomic E-state index is 13.3. The molecule has 1 amide bonds. The lowest BCUT2D eigenvalue weighted by Gasteiger charge is -2.43. The Bertz CT molecular complexity index is 894. The van der Waals surface area contributed by atoms with E-state index in [0.717, 1.165) is 12.1 Å². The van der Waals surface area contributed by atoms with Gasteiger partial charge in [0.25, 0.3) is 0 Å². The Kier molecular flexibility index (Phi) is 5.68. The number of halogens is 4. The molecule has 3 nitrogen and oxygen atoms in total. The lowest BCUT2D eigenvalue weighted by Crippen LogP contribution is -2.48. The zero-order valence-corrected chi connectivity index (χ0v) is 15.9. The molecule has 2 atom stereocenters. The molecule has 154 valence electrons. The zero-order valence-electron chi connectivity index (χ0n) is 15.9. The summed E-state index contributed by atoms with van der Waals surface area (Å²) in [4.78, 5) is 14.2. The molecule has 0 spiro atoms. The van der Waals surface area contributed by atoms with E-state index in [1.165, 1.54) is 23.1 Å². The van der Waals surface area contributed by atoms with Crippen LogP contribution in [0.15, 0.2) is 61.2 Å². The monoisotopic (exact) mass is 407 g/mol. The number of cyclic esters (lactones) is 1. The number of nitrogens with zero attached hydrogens (tertiary/aromatic N) is 1. The van der Waals surface area contributed by atoms with Gasteiger partial charge >= 0.3 is 12.3 Å². The van der Waals surface area contributed by atoms with Crippen molar-refractivity contribution in [3.63, 3.8) is 0 Å². The van der Waals surface area contributed by atoms with Gasteiger partial charge in [-0.2, -0.15) is 13.2 Å². The quantitative estimate of drug-likeness (QED) is 0.435. The third-order valence-corrected chi connectivity index (χ3v) is 5.28. The minimum absolute atomic E-state index is 0.279. The molecule has 1 heterocycles. The molecule has 1 aliphatic rings. The average molecular weight is 407 g/mol. The van der Waals surface area contributed by atoms with Gasteiger partial charge < -0.3 is 9.64 Å². The molecular weight excluding hydrogens is 386 g/mol. The van der Waals surface area contributed by atoms with E-state index >= 15 is 0 Å². The summed E-state index contributed by atoms with van der Waals surface area (Å²) in [6.07, 6.45) is -2.72. The molecule has 29 heavy (non-hydrogen) atoms. The van der Waals surface area contributed by atoms with Gasteiger partial charge in [-0.1, -0.05) is 30.3 Å². The Balaban J connectivity index is 1.84. The SMILES string of the molecule is C=CC[C@]1(c2ccc(F)cc2)CCN([C@@H](C)c2cccc(C(F)(F)F)c2)C(=O)O1. The van der Waals surface area contributed by atoms with Crippen molar-refractivity contribution in [3.8, 4) is 0 Å². The molecule has 0 saturated carbocycles. The van der Waals surface area contributed by atoms with Crippen molar-refractivity contribution in [2.45, 2.75) is 37.6 Å². The number of amides is 1. The third kappa shape index (κ3) is 4.28. The molecular formula is C22H21F4NO2. The number of hydrogen-bond donors (Lipinski definition) is 0. The molecule has 3 rings (SSSR count). The maximum Gasteiger partial charge on any atom is 0.416 e. The molecule has 0 N–H and O–H groups in total. The fourth-order valence-electron chi connectivity index (χ4n) is 3.63. The summed E-state index contributed by atoms with van der Waals surface area (Å²) in [5, 5.41) is 0. The van der Waals surface area contributed by atoms with Gasteiger partial charge in [0.2, 0.25) is 0 Å². The number of rotatable bonds is 5. The summed E-state index contributed by atoms with van der Waals surface area (Å²) in [6.45, 7) is 5.66. The molecule has 7 heteroatoms. The number of carbonyl (C=O) groups is 1. The van der Waals surface area contributed by atoms with Crippen LogP contribution in [0.4, 0.5) is 22.4 Å². The van der Waals surface area contributed by atoms with Crippen molar-refractivity contribution in [3.05, 3.63) is 83.7 Å². The van der Waals surface area contributed by atoms with Gasteiger partial charge in [0.05, 0.1) is 11.6 Å². The predicted octanol–water partition coefficient (Wildman–Crippen LogP) is 6.22. The minimum atomic E-state index is -4.46. The molecule has 1 saturated heterocycles. The van der Waals surface area contributed by atoms with Crippen LogP contribution in [0.1, 0.15) is 42.5 Å². The highest BCUT2D eigenvalue weighted by Gasteiger charge is 2.43. The van der Waals surface area contributed by atoms with Gasteiger partial charge in [-0.3, -0.25) is 0 Å². The van der Waals surface area contributed by atoms with Crippen LogP contribution in [0, 0.1) is 5.82 Å². The van der Waals surface area contributed by atoms with Crippen LogP contribution in [0.25, 0.3) is 0 Å². The van der Waals surface area contributed by atoms with E-state index in [4.69, 9.17) is 4.74 Å². The van der Waals surface area contributed by atoms with Crippen LogP contribution in [0.3, 0.4) is 0 Å². The molecule has 0 unspecified atom stereocenters. The smallest absolute Gasteiger partial charge is 0.416 e. The van der Waals surface area contributed by atoms with Gasteiger partial charge in [-0.05, 0) is 42.3 Å². The standard InChI is InChI=1S/C22H21F4NO2/c1-3-11-21(17-7-9-19(23)10-8-17)12-13-27(20(28)29-21)15(2)16-5-4-6-18(14-16)22(24,25)26/h3-10,14-15H,1,11-13H2,2H3/t15-,21+/m0/s1. The molecule has 1 fully saturated rings. The van der Waals surface area contributed by atoms with E-state index in [9.17, 15) is 22.4 Å². The van der Waals surface area contributed by atoms with E-state index in [1.807, 2.05) is 0 Å². The van der Waals surface area contributed by atoms with Crippen LogP contribution < -0.4 is 0 Å². The van der Waals surface area contributed by atoms with Crippen molar-refractivity contribution in [2.75, 3.05) is 6.54 Å². The van der Waals surface area contributed by atoms with Crippen molar-refractivity contribution in [2.24, 2.45) is 0 Å². The number of ether oxygens (including phenoxy) is 1. The number of alkyl halides is 3. The fraction of sp³-hybridized carbons (Fsp3) is 0.318. The van der Waals surface area contributed by atoms with Gasteiger partial charge in [0.15, 0.2) is 0 Å². The first kappa shape index (κ1) is 20.9. The van der Waals surface area contributed by atoms with E-state index in [2.05, 4.69) is 6.58 Å². The number of hydrogen-bond acceptors (Lipinski definition) is 2. The summed E-state index contributed by atoms with van der Waals surface area (Å²) in [7, 11) is 0. The lowest BCUT2D eigenvalue weighted by molar-refractivity contribution is -0.137. The summed E-state index contributed by atoms with van der Waals surface area (Å²) in [5.74, 6) is -0.399. The highest BCUT2D eigenvalue weighted by molar-refractivity contribution is 5.70. The van der Waals surface area contributed by atoms with E-state index in [-0.39, 0.29) is 6.54 Å². The van der Waals surface area contributed by atoms with E-state index in [0.29, 0.717) is 24.0 Å². The van der Waals surface area contributed by atoms with Crippen molar-refractivity contribution >= 4 is 6.09 Å². The second-order valence-corrected chi connectivity index (χ2v) is 7.10. The van der Waals surface area contributed by atoms with Crippen molar-refractivity contribution in [1.82, 2.24) is 4.90 Å². The average Bonchev–Trinajstić information content (AvgIpc) is 2.68. The fourth-order valence-corrected chi connectivity index (χ4v) is 3.63. The first-order valence-corrected chi connectivity index (χ1v) is 9.20. The summed E-state index contributed by atoms with van der Waals surface area (Å²) >= 11 is 0. The molecule has 0 bridgehead atoms. The number of benzene rings is 2. The Morgan fingerprint density at radius 2 is 1.93 bits per heavy atom. The predicted molar refractivity (Wildman–Crippen MR) is 101 cm³/mol. The van der Waals surface area contributed by atoms with E-state index < -0.39 is 35.3 Å². The summed E-state index contributed by atoms with van der Waals surface area (Å²) in [6, 6.07) is 10.0. The summed E-state index contributed by atoms with van der Waals surface area (Å²) in [5.41, 5.74) is -0.718. The molecule has 0 radical (unpaired) electrons. The molecule has 1 aliphatic heterocycles. The molecule has 2 aromatic carbocycles. The van der Waals surface area contributed by atoms with Gasteiger partial charge in [-0.25, -0.2) is 9.18 Å². The van der Waals surface area contributed by atoms with Crippen LogP contribution in [0.5, 0.6) is 0 Å². The Hall–Kier alpha value is -2.83. The molecule has 2 aromatic rings. The molecule has 0 aromatic heterocycles. The Labute approximate surface area is 166 Å². The Morgan fingerprint density at radius 3 is 2.52 bits per heavy atom. The van der Waals surface area contributed by atoms with Gasteiger partial charge in [0.1, 0.15) is 11.4 Å². The van der Waals surface area contributed by atoms with Gasteiger partial charge in [-0.15, -0.1) is 6.58 Å². The highest BCUT2D eigenvalue weighted by atomic mass is 19.4. The van der Waals surface area contributed by atoms with Gasteiger partial charge in [0, 0.05) is 19.4 Å². The first-order valence-electron chi connectivity index (χ1n) is 9.20. The van der Waals surface area contributed by atoms with Crippen molar-refractivity contribution < 1.29 is 27.1 Å². The minimum Gasteiger partial charge on any atom is -0.437 e. The highest BCUT2D eigenvalue weighted by Crippen LogP contribution is 2.40. The summed E-state index contributed by atoms with van der Waals surface area (Å²) < 4.78 is 58.1. The maximum atomic E-state index is 13.3. The zero-order chi connectivity index (χ0) is 21.2. The molecule has 0 aliphatic carbocycles. The van der Waals surface area contributed by atoms with Crippen LogP contribution in [-0.4, -0.2) is 17.5 Å². The van der Waals surface area contributed by atoms with Crippen LogP contribution >= 0.6 is 0 Å².